The van der Waals surface area contributed by atoms with Crippen molar-refractivity contribution < 1.29 is 17.9 Å². The lowest BCUT2D eigenvalue weighted by Gasteiger charge is -2.11. The minimum atomic E-state index is -3.01. The van der Waals surface area contributed by atoms with Gasteiger partial charge in [-0.15, -0.1) is 0 Å². The van der Waals surface area contributed by atoms with Gasteiger partial charge in [-0.05, 0) is 37.6 Å². The molecule has 2 heterocycles. The van der Waals surface area contributed by atoms with Crippen LogP contribution in [0.15, 0.2) is 24.3 Å². The molecule has 128 valence electrons. The van der Waals surface area contributed by atoms with Gasteiger partial charge in [-0.3, -0.25) is 4.79 Å². The van der Waals surface area contributed by atoms with E-state index >= 15 is 0 Å². The average Bonchev–Trinajstić information content (AvgIpc) is 3.11. The Morgan fingerprint density at radius 1 is 1.33 bits per heavy atom. The summed E-state index contributed by atoms with van der Waals surface area (Å²) < 4.78 is 36.7. The van der Waals surface area contributed by atoms with Gasteiger partial charge in [0.05, 0.1) is 28.9 Å². The molecule has 1 saturated heterocycles. The second-order valence-electron chi connectivity index (χ2n) is 5.68. The fourth-order valence-electron chi connectivity index (χ4n) is 2.41. The standard InChI is InChI=1S/C15H17N3O4S2/c1-10-14(18-23-17-10)8-22-13-4-2-11(3-5-13)15(19)16-12-6-7-24(20,21)9-12/h2-5,12H,6-9H2,1H3,(H,16,19). The Morgan fingerprint density at radius 3 is 2.67 bits per heavy atom. The van der Waals surface area contributed by atoms with Crippen molar-refractivity contribution in [3.8, 4) is 5.75 Å². The summed E-state index contributed by atoms with van der Waals surface area (Å²) in [7, 11) is -3.01. The Bertz CT molecular complexity index is 831. The number of hydrogen-bond donors (Lipinski definition) is 1. The molecular weight excluding hydrogens is 350 g/mol. The number of aromatic nitrogens is 2. The number of nitrogens with one attached hydrogen (secondary N) is 1. The maximum Gasteiger partial charge on any atom is 0.251 e. The monoisotopic (exact) mass is 367 g/mol. The van der Waals surface area contributed by atoms with Crippen molar-refractivity contribution >= 4 is 27.5 Å². The van der Waals surface area contributed by atoms with Crippen LogP contribution in [0.5, 0.6) is 5.75 Å². The largest absolute Gasteiger partial charge is 0.487 e. The van der Waals surface area contributed by atoms with Crippen LogP contribution in [-0.2, 0) is 16.4 Å². The van der Waals surface area contributed by atoms with Crippen LogP contribution >= 0.6 is 11.7 Å². The van der Waals surface area contributed by atoms with Crippen molar-refractivity contribution in [3.05, 3.63) is 41.2 Å². The summed E-state index contributed by atoms with van der Waals surface area (Å²) in [5, 5.41) is 2.76. The van der Waals surface area contributed by atoms with Crippen LogP contribution in [0.4, 0.5) is 0 Å². The summed E-state index contributed by atoms with van der Waals surface area (Å²) in [6.07, 6.45) is 0.469. The third kappa shape index (κ3) is 4.09. The second-order valence-corrected chi connectivity index (χ2v) is 8.44. The summed E-state index contributed by atoms with van der Waals surface area (Å²) in [4.78, 5) is 12.1. The molecule has 1 amide bonds. The Labute approximate surface area is 144 Å². The van der Waals surface area contributed by atoms with Gasteiger partial charge in [0.25, 0.3) is 5.91 Å². The SMILES string of the molecule is Cc1nsnc1COc1ccc(C(=O)NC2CCS(=O)(=O)C2)cc1. The quantitative estimate of drug-likeness (QED) is 0.856. The van der Waals surface area contributed by atoms with Crippen LogP contribution in [0.2, 0.25) is 0 Å². The van der Waals surface area contributed by atoms with E-state index in [-0.39, 0.29) is 23.5 Å². The molecule has 1 aliphatic heterocycles. The molecule has 3 rings (SSSR count). The highest BCUT2D eigenvalue weighted by Gasteiger charge is 2.29. The number of carbonyl (C=O) groups is 1. The first kappa shape index (κ1) is 16.8. The van der Waals surface area contributed by atoms with E-state index in [1.165, 1.54) is 0 Å². The van der Waals surface area contributed by atoms with E-state index in [4.69, 9.17) is 4.74 Å². The highest BCUT2D eigenvalue weighted by molar-refractivity contribution is 7.91. The van der Waals surface area contributed by atoms with Crippen LogP contribution in [0, 0.1) is 6.92 Å². The number of benzene rings is 1. The smallest absolute Gasteiger partial charge is 0.251 e. The van der Waals surface area contributed by atoms with Gasteiger partial charge in [0.1, 0.15) is 18.1 Å². The van der Waals surface area contributed by atoms with Crippen molar-refractivity contribution in [2.75, 3.05) is 11.5 Å². The molecule has 7 nitrogen and oxygen atoms in total. The van der Waals surface area contributed by atoms with Gasteiger partial charge in [-0.1, -0.05) is 0 Å². The van der Waals surface area contributed by atoms with Crippen molar-refractivity contribution in [2.45, 2.75) is 26.0 Å². The molecular formula is C15H17N3O4S2. The summed E-state index contributed by atoms with van der Waals surface area (Å²) >= 11 is 1.15. The first-order valence-corrected chi connectivity index (χ1v) is 10.0. The van der Waals surface area contributed by atoms with E-state index in [9.17, 15) is 13.2 Å². The van der Waals surface area contributed by atoms with Crippen LogP contribution in [0.1, 0.15) is 28.2 Å². The van der Waals surface area contributed by atoms with E-state index in [1.54, 1.807) is 24.3 Å². The second kappa shape index (κ2) is 6.86. The molecule has 1 N–H and O–H groups in total. The van der Waals surface area contributed by atoms with E-state index in [0.29, 0.717) is 24.3 Å². The van der Waals surface area contributed by atoms with Gasteiger partial charge in [0.2, 0.25) is 0 Å². The summed E-state index contributed by atoms with van der Waals surface area (Å²) in [6.45, 7) is 2.20. The molecule has 24 heavy (non-hydrogen) atoms. The number of ether oxygens (including phenoxy) is 1. The predicted molar refractivity (Wildman–Crippen MR) is 89.9 cm³/mol. The fraction of sp³-hybridized carbons (Fsp3) is 0.400. The highest BCUT2D eigenvalue weighted by Crippen LogP contribution is 2.16. The highest BCUT2D eigenvalue weighted by atomic mass is 32.2. The molecule has 1 atom stereocenters. The molecule has 2 aromatic rings. The molecule has 1 aromatic heterocycles. The number of rotatable bonds is 5. The van der Waals surface area contributed by atoms with Crippen molar-refractivity contribution in [1.29, 1.82) is 0 Å². The molecule has 0 spiro atoms. The Hall–Kier alpha value is -2.00. The minimum absolute atomic E-state index is 0.0148. The van der Waals surface area contributed by atoms with Crippen molar-refractivity contribution in [1.82, 2.24) is 14.1 Å². The normalized spacial score (nSPS) is 19.1. The first-order valence-electron chi connectivity index (χ1n) is 7.45. The van der Waals surface area contributed by atoms with Crippen LogP contribution in [0.25, 0.3) is 0 Å². The molecule has 1 unspecified atom stereocenters. The number of amides is 1. The number of hydrogen-bond acceptors (Lipinski definition) is 7. The number of sulfone groups is 1. The van der Waals surface area contributed by atoms with Gasteiger partial charge >= 0.3 is 0 Å². The lowest BCUT2D eigenvalue weighted by Crippen LogP contribution is -2.35. The summed E-state index contributed by atoms with van der Waals surface area (Å²) in [5.74, 6) is 0.502. The minimum Gasteiger partial charge on any atom is -0.487 e. The average molecular weight is 367 g/mol. The van der Waals surface area contributed by atoms with Crippen LogP contribution in [0.3, 0.4) is 0 Å². The maximum absolute atomic E-state index is 12.1. The zero-order valence-corrected chi connectivity index (χ0v) is 14.7. The van der Waals surface area contributed by atoms with Crippen molar-refractivity contribution in [3.63, 3.8) is 0 Å². The van der Waals surface area contributed by atoms with Crippen LogP contribution < -0.4 is 10.1 Å². The third-order valence-corrected chi connectivity index (χ3v) is 6.23. The van der Waals surface area contributed by atoms with E-state index in [2.05, 4.69) is 14.1 Å². The molecule has 9 heteroatoms. The molecule has 0 radical (unpaired) electrons. The molecule has 0 saturated carbocycles. The Morgan fingerprint density at radius 2 is 2.08 bits per heavy atom. The lowest BCUT2D eigenvalue weighted by atomic mass is 10.2. The molecule has 1 aliphatic rings. The third-order valence-electron chi connectivity index (χ3n) is 3.81. The summed E-state index contributed by atoms with van der Waals surface area (Å²) in [5.41, 5.74) is 2.12. The zero-order valence-electron chi connectivity index (χ0n) is 13.1. The molecule has 1 fully saturated rings. The number of carbonyl (C=O) groups excluding carboxylic acids is 1. The van der Waals surface area contributed by atoms with E-state index in [1.807, 2.05) is 6.92 Å². The maximum atomic E-state index is 12.1. The Kier molecular flexibility index (Phi) is 4.81. The summed E-state index contributed by atoms with van der Waals surface area (Å²) in [6, 6.07) is 6.41. The van der Waals surface area contributed by atoms with Gasteiger partial charge < -0.3 is 10.1 Å². The fourth-order valence-corrected chi connectivity index (χ4v) is 4.64. The van der Waals surface area contributed by atoms with Gasteiger partial charge in [0, 0.05) is 11.6 Å². The van der Waals surface area contributed by atoms with E-state index in [0.717, 1.165) is 23.1 Å². The molecule has 0 aliphatic carbocycles. The van der Waals surface area contributed by atoms with Gasteiger partial charge in [-0.2, -0.15) is 8.75 Å². The van der Waals surface area contributed by atoms with Crippen LogP contribution in [-0.4, -0.2) is 40.6 Å². The number of nitrogens with zero attached hydrogens (tertiary/aromatic N) is 2. The molecule has 1 aromatic carbocycles. The predicted octanol–water partition coefficient (Wildman–Crippen LogP) is 1.34. The Balaban J connectivity index is 1.56. The van der Waals surface area contributed by atoms with Gasteiger partial charge in [0.15, 0.2) is 9.84 Å². The topological polar surface area (TPSA) is 98.2 Å². The van der Waals surface area contributed by atoms with Crippen molar-refractivity contribution in [2.24, 2.45) is 0 Å². The molecule has 0 bridgehead atoms. The number of aryl methyl sites for hydroxylation is 1. The zero-order chi connectivity index (χ0) is 17.2. The lowest BCUT2D eigenvalue weighted by molar-refractivity contribution is 0.0941. The van der Waals surface area contributed by atoms with E-state index < -0.39 is 9.84 Å². The first-order chi connectivity index (χ1) is 11.4. The van der Waals surface area contributed by atoms with Gasteiger partial charge in [-0.25, -0.2) is 8.42 Å².